The number of furan rings is 1. The minimum absolute atomic E-state index is 0.0651. The van der Waals surface area contributed by atoms with Crippen LogP contribution in [0.4, 0.5) is 5.69 Å². The molecular weight excluding hydrogens is 458 g/mol. The second-order valence-corrected chi connectivity index (χ2v) is 9.33. The number of hydrogen-bond donors (Lipinski definition) is 1. The number of benzene rings is 1. The summed E-state index contributed by atoms with van der Waals surface area (Å²) in [6, 6.07) is 10.9. The van der Waals surface area contributed by atoms with Crippen LogP contribution >= 0.6 is 0 Å². The molecule has 1 saturated heterocycles. The van der Waals surface area contributed by atoms with Crippen molar-refractivity contribution in [3.05, 3.63) is 65.2 Å². The lowest BCUT2D eigenvalue weighted by Gasteiger charge is -2.14. The first-order valence-corrected chi connectivity index (χ1v) is 11.9. The lowest BCUT2D eigenvalue weighted by atomic mass is 10.1. The summed E-state index contributed by atoms with van der Waals surface area (Å²) in [6.07, 6.45) is 2.20. The van der Waals surface area contributed by atoms with Gasteiger partial charge in [-0.3, -0.25) is 19.3 Å². The summed E-state index contributed by atoms with van der Waals surface area (Å²) in [5.74, 6) is 0.902. The summed E-state index contributed by atoms with van der Waals surface area (Å²) in [5, 5.41) is 8.08. The average molecular weight is 486 g/mol. The smallest absolute Gasteiger partial charge is 0.256 e. The van der Waals surface area contributed by atoms with Crippen molar-refractivity contribution in [3.8, 4) is 11.3 Å². The van der Waals surface area contributed by atoms with Gasteiger partial charge in [-0.2, -0.15) is 5.10 Å². The molecule has 0 bridgehead atoms. The maximum Gasteiger partial charge on any atom is 0.256 e. The number of aromatic nitrogens is 3. The van der Waals surface area contributed by atoms with Crippen LogP contribution in [0.1, 0.15) is 60.2 Å². The van der Waals surface area contributed by atoms with Gasteiger partial charge in [-0.25, -0.2) is 9.67 Å². The van der Waals surface area contributed by atoms with Crippen molar-refractivity contribution in [1.29, 1.82) is 0 Å². The van der Waals surface area contributed by atoms with Crippen LogP contribution in [0.2, 0.25) is 0 Å². The molecule has 1 aliphatic heterocycles. The molecule has 9 nitrogen and oxygen atoms in total. The largest absolute Gasteiger partial charge is 0.466 e. The first-order chi connectivity index (χ1) is 17.2. The van der Waals surface area contributed by atoms with E-state index in [0.717, 1.165) is 22.6 Å². The van der Waals surface area contributed by atoms with E-state index in [-0.39, 0.29) is 43.1 Å². The molecule has 184 valence electrons. The lowest BCUT2D eigenvalue weighted by molar-refractivity contribution is -0.139. The number of pyridine rings is 1. The summed E-state index contributed by atoms with van der Waals surface area (Å²) in [5.41, 5.74) is 3.96. The average Bonchev–Trinajstić information content (AvgIpc) is 3.52. The van der Waals surface area contributed by atoms with Gasteiger partial charge >= 0.3 is 0 Å². The van der Waals surface area contributed by atoms with Crippen molar-refractivity contribution < 1.29 is 18.8 Å². The van der Waals surface area contributed by atoms with Gasteiger partial charge in [0.25, 0.3) is 5.91 Å². The Labute approximate surface area is 208 Å². The summed E-state index contributed by atoms with van der Waals surface area (Å²) in [7, 11) is 0. The fraction of sp³-hybridized carbons (Fsp3) is 0.296. The molecule has 1 aromatic carbocycles. The number of hydrogen-bond acceptors (Lipinski definition) is 6. The van der Waals surface area contributed by atoms with E-state index in [1.807, 2.05) is 33.8 Å². The molecule has 0 atom stereocenters. The molecule has 3 aromatic heterocycles. The highest BCUT2D eigenvalue weighted by Crippen LogP contribution is 2.30. The monoisotopic (exact) mass is 485 g/mol. The van der Waals surface area contributed by atoms with Gasteiger partial charge in [-0.15, -0.1) is 0 Å². The molecule has 3 amide bonds. The van der Waals surface area contributed by atoms with Crippen molar-refractivity contribution in [2.24, 2.45) is 0 Å². The van der Waals surface area contributed by atoms with Gasteiger partial charge in [0.05, 0.1) is 29.4 Å². The van der Waals surface area contributed by atoms with Crippen LogP contribution in [0.25, 0.3) is 22.3 Å². The van der Waals surface area contributed by atoms with Gasteiger partial charge < -0.3 is 9.73 Å². The van der Waals surface area contributed by atoms with Crippen LogP contribution in [-0.4, -0.2) is 37.4 Å². The molecule has 0 spiro atoms. The standard InChI is InChI=1S/C27H27N5O4/c1-15(2)32-26-22(13-28-32)21(12-23(30-26)20-11-16(3)36-17(20)4)27(35)29-19-7-5-18(6-8-19)14-31-24(33)9-10-25(31)34/h5-8,11-13,15H,9-10,14H2,1-4H3,(H,29,35). The number of fused-ring (bicyclic) bond motifs is 1. The van der Waals surface area contributed by atoms with Gasteiger partial charge in [-0.1, -0.05) is 12.1 Å². The van der Waals surface area contributed by atoms with Gasteiger partial charge in [-0.05, 0) is 57.5 Å². The van der Waals surface area contributed by atoms with Gasteiger partial charge in [0.2, 0.25) is 11.8 Å². The predicted molar refractivity (Wildman–Crippen MR) is 134 cm³/mol. The molecule has 1 N–H and O–H groups in total. The van der Waals surface area contributed by atoms with E-state index in [1.54, 1.807) is 41.2 Å². The second-order valence-electron chi connectivity index (χ2n) is 9.33. The molecular formula is C27H27N5O4. The van der Waals surface area contributed by atoms with Crippen molar-refractivity contribution >= 4 is 34.4 Å². The zero-order valence-electron chi connectivity index (χ0n) is 20.7. The Balaban J connectivity index is 1.45. The Hall–Kier alpha value is -4.27. The van der Waals surface area contributed by atoms with Crippen molar-refractivity contribution in [2.45, 2.75) is 53.1 Å². The third-order valence-corrected chi connectivity index (χ3v) is 6.32. The molecule has 0 saturated carbocycles. The van der Waals surface area contributed by atoms with Crippen LogP contribution in [0.15, 0.2) is 47.0 Å². The van der Waals surface area contributed by atoms with Crippen LogP contribution in [-0.2, 0) is 16.1 Å². The fourth-order valence-corrected chi connectivity index (χ4v) is 4.48. The predicted octanol–water partition coefficient (Wildman–Crippen LogP) is 4.79. The summed E-state index contributed by atoms with van der Waals surface area (Å²) >= 11 is 0. The number of amides is 3. The highest BCUT2D eigenvalue weighted by Gasteiger charge is 2.28. The molecule has 5 rings (SSSR count). The zero-order chi connectivity index (χ0) is 25.6. The quantitative estimate of drug-likeness (QED) is 0.393. The molecule has 9 heteroatoms. The van der Waals surface area contributed by atoms with Crippen molar-refractivity contribution in [3.63, 3.8) is 0 Å². The number of nitrogens with one attached hydrogen (secondary N) is 1. The molecule has 0 unspecified atom stereocenters. The third-order valence-electron chi connectivity index (χ3n) is 6.32. The SMILES string of the molecule is Cc1cc(-c2cc(C(=O)Nc3ccc(CN4C(=O)CCC4=O)cc3)c3cnn(C(C)C)c3n2)c(C)o1. The number of carbonyl (C=O) groups is 3. The highest BCUT2D eigenvalue weighted by molar-refractivity contribution is 6.12. The number of rotatable bonds is 6. The Morgan fingerprint density at radius 3 is 2.39 bits per heavy atom. The maximum absolute atomic E-state index is 13.4. The number of imide groups is 1. The Morgan fingerprint density at radius 2 is 1.78 bits per heavy atom. The minimum Gasteiger partial charge on any atom is -0.466 e. The van der Waals surface area contributed by atoms with Gasteiger partial charge in [0, 0.05) is 30.1 Å². The minimum atomic E-state index is -0.289. The maximum atomic E-state index is 13.4. The number of anilines is 1. The van der Waals surface area contributed by atoms with Crippen molar-refractivity contribution in [1.82, 2.24) is 19.7 Å². The molecule has 1 fully saturated rings. The first kappa shape index (κ1) is 23.5. The topological polar surface area (TPSA) is 110 Å². The summed E-state index contributed by atoms with van der Waals surface area (Å²) in [4.78, 5) is 43.3. The van der Waals surface area contributed by atoms with Crippen LogP contribution in [0.3, 0.4) is 0 Å². The normalized spacial score (nSPS) is 13.9. The molecule has 1 aliphatic rings. The molecule has 0 radical (unpaired) electrons. The number of carbonyl (C=O) groups excluding carboxylic acids is 3. The summed E-state index contributed by atoms with van der Waals surface area (Å²) in [6.45, 7) is 8.01. The van der Waals surface area contributed by atoms with E-state index < -0.39 is 0 Å². The lowest BCUT2D eigenvalue weighted by Crippen LogP contribution is -2.28. The third kappa shape index (κ3) is 4.28. The molecule has 4 aromatic rings. The number of nitrogens with zero attached hydrogens (tertiary/aromatic N) is 4. The van der Waals surface area contributed by atoms with E-state index in [0.29, 0.717) is 28.0 Å². The van der Waals surface area contributed by atoms with E-state index in [9.17, 15) is 14.4 Å². The highest BCUT2D eigenvalue weighted by atomic mass is 16.3. The van der Waals surface area contributed by atoms with E-state index in [4.69, 9.17) is 9.40 Å². The Kier molecular flexibility index (Phi) is 5.91. The molecule has 4 heterocycles. The molecule has 0 aliphatic carbocycles. The summed E-state index contributed by atoms with van der Waals surface area (Å²) < 4.78 is 7.50. The Morgan fingerprint density at radius 1 is 1.08 bits per heavy atom. The molecule has 36 heavy (non-hydrogen) atoms. The second kappa shape index (κ2) is 9.07. The number of aryl methyl sites for hydroxylation is 2. The van der Waals surface area contributed by atoms with Crippen LogP contribution < -0.4 is 5.32 Å². The van der Waals surface area contributed by atoms with Gasteiger partial charge in [0.1, 0.15) is 11.5 Å². The van der Waals surface area contributed by atoms with Crippen LogP contribution in [0.5, 0.6) is 0 Å². The number of likely N-dealkylation sites (tertiary alicyclic amines) is 1. The van der Waals surface area contributed by atoms with Gasteiger partial charge in [0.15, 0.2) is 5.65 Å². The van der Waals surface area contributed by atoms with E-state index in [2.05, 4.69) is 10.4 Å². The van der Waals surface area contributed by atoms with Crippen molar-refractivity contribution in [2.75, 3.05) is 5.32 Å². The van der Waals surface area contributed by atoms with E-state index in [1.165, 1.54) is 4.90 Å². The first-order valence-electron chi connectivity index (χ1n) is 11.9. The van der Waals surface area contributed by atoms with Crippen LogP contribution in [0, 0.1) is 13.8 Å². The van der Waals surface area contributed by atoms with E-state index >= 15 is 0 Å². The Bertz CT molecular complexity index is 1480. The fourth-order valence-electron chi connectivity index (χ4n) is 4.48. The zero-order valence-corrected chi connectivity index (χ0v) is 20.7.